The van der Waals surface area contributed by atoms with Gasteiger partial charge in [0.05, 0.1) is 0 Å². The first-order valence-corrected chi connectivity index (χ1v) is 8.27. The van der Waals surface area contributed by atoms with Gasteiger partial charge in [-0.1, -0.05) is 39.3 Å². The monoisotopic (exact) mass is 294 g/mol. The van der Waals surface area contributed by atoms with Crippen molar-refractivity contribution in [2.45, 2.75) is 59.5 Å². The minimum atomic E-state index is 0.592. The second-order valence-electron chi connectivity index (χ2n) is 6.69. The van der Waals surface area contributed by atoms with Gasteiger partial charge in [-0.25, -0.2) is 0 Å². The lowest BCUT2D eigenvalue weighted by Crippen LogP contribution is -2.60. The van der Waals surface area contributed by atoms with Gasteiger partial charge in [0, 0.05) is 38.1 Å². The Labute approximate surface area is 128 Å². The minimum absolute atomic E-state index is 0.592. The molecule has 1 aromatic rings. The lowest BCUT2D eigenvalue weighted by atomic mass is 9.92. The Balaban J connectivity index is 1.96. The van der Waals surface area contributed by atoms with Gasteiger partial charge in [0.25, 0.3) is 0 Å². The molecule has 3 unspecified atom stereocenters. The maximum Gasteiger partial charge on any atom is 0.227 e. The second kappa shape index (κ2) is 7.36. The summed E-state index contributed by atoms with van der Waals surface area (Å²) in [7, 11) is 0. The summed E-state index contributed by atoms with van der Waals surface area (Å²) in [5, 5.41) is 7.61. The fourth-order valence-corrected chi connectivity index (χ4v) is 3.11. The van der Waals surface area contributed by atoms with E-state index >= 15 is 0 Å². The van der Waals surface area contributed by atoms with E-state index < -0.39 is 0 Å². The zero-order valence-corrected chi connectivity index (χ0v) is 14.1. The quantitative estimate of drug-likeness (QED) is 0.872. The van der Waals surface area contributed by atoms with Crippen molar-refractivity contribution in [1.82, 2.24) is 20.4 Å². The molecule has 5 heteroatoms. The van der Waals surface area contributed by atoms with Crippen molar-refractivity contribution in [3.63, 3.8) is 0 Å². The molecule has 2 rings (SSSR count). The highest BCUT2D eigenvalue weighted by Crippen LogP contribution is 2.20. The van der Waals surface area contributed by atoms with Crippen LogP contribution in [0.1, 0.15) is 45.8 Å². The van der Waals surface area contributed by atoms with Crippen LogP contribution in [0.25, 0.3) is 0 Å². The predicted octanol–water partition coefficient (Wildman–Crippen LogP) is 2.27. The van der Waals surface area contributed by atoms with Gasteiger partial charge < -0.3 is 9.84 Å². The lowest BCUT2D eigenvalue weighted by Gasteiger charge is -2.44. The zero-order valence-electron chi connectivity index (χ0n) is 14.1. The fraction of sp³-hybridized carbons (Fsp3) is 0.875. The summed E-state index contributed by atoms with van der Waals surface area (Å²) in [5.74, 6) is 2.85. The first-order chi connectivity index (χ1) is 10.0. The van der Waals surface area contributed by atoms with Crippen molar-refractivity contribution >= 4 is 0 Å². The van der Waals surface area contributed by atoms with E-state index in [-0.39, 0.29) is 0 Å². The Morgan fingerprint density at radius 2 is 2.14 bits per heavy atom. The van der Waals surface area contributed by atoms with Crippen molar-refractivity contribution in [3.05, 3.63) is 11.7 Å². The maximum absolute atomic E-state index is 5.24. The van der Waals surface area contributed by atoms with E-state index in [4.69, 9.17) is 4.52 Å². The number of hydrogen-bond donors (Lipinski definition) is 1. The molecule has 1 aliphatic heterocycles. The third-order valence-electron chi connectivity index (χ3n) is 4.77. The van der Waals surface area contributed by atoms with Crippen LogP contribution in [0.4, 0.5) is 0 Å². The average Bonchev–Trinajstić information content (AvgIpc) is 2.89. The molecule has 120 valence electrons. The van der Waals surface area contributed by atoms with Crippen LogP contribution in [0.15, 0.2) is 4.52 Å². The smallest absolute Gasteiger partial charge is 0.227 e. The van der Waals surface area contributed by atoms with Crippen LogP contribution in [0, 0.1) is 18.8 Å². The highest BCUT2D eigenvalue weighted by molar-refractivity contribution is 4.91. The van der Waals surface area contributed by atoms with Gasteiger partial charge in [-0.15, -0.1) is 0 Å². The van der Waals surface area contributed by atoms with Gasteiger partial charge in [-0.2, -0.15) is 4.98 Å². The minimum Gasteiger partial charge on any atom is -0.339 e. The topological polar surface area (TPSA) is 54.2 Å². The number of rotatable bonds is 6. The van der Waals surface area contributed by atoms with Gasteiger partial charge in [0.1, 0.15) is 0 Å². The normalized spacial score (nSPS) is 25.4. The molecule has 3 atom stereocenters. The van der Waals surface area contributed by atoms with Gasteiger partial charge >= 0.3 is 0 Å². The summed E-state index contributed by atoms with van der Waals surface area (Å²) in [6, 6.07) is 1.18. The second-order valence-corrected chi connectivity index (χ2v) is 6.69. The summed E-state index contributed by atoms with van der Waals surface area (Å²) >= 11 is 0. The Hall–Kier alpha value is -0.940. The molecular weight excluding hydrogens is 264 g/mol. The van der Waals surface area contributed by atoms with E-state index in [1.807, 2.05) is 6.92 Å². The molecular formula is C16H30N4O. The number of nitrogens with zero attached hydrogens (tertiary/aromatic N) is 3. The van der Waals surface area contributed by atoms with E-state index in [9.17, 15) is 0 Å². The molecule has 0 saturated carbocycles. The highest BCUT2D eigenvalue weighted by atomic mass is 16.5. The average molecular weight is 294 g/mol. The number of nitrogens with one attached hydrogen (secondary N) is 1. The zero-order chi connectivity index (χ0) is 15.4. The first-order valence-electron chi connectivity index (χ1n) is 8.27. The lowest BCUT2D eigenvalue weighted by molar-refractivity contribution is 0.0810. The SMILES string of the molecule is CCC(C)C1CN(CCc2nc(C)no2)C(C(C)C)CN1. The first kappa shape index (κ1) is 16.4. The van der Waals surface area contributed by atoms with Crippen LogP contribution < -0.4 is 5.32 Å². The third-order valence-corrected chi connectivity index (χ3v) is 4.77. The molecule has 1 fully saturated rings. The van der Waals surface area contributed by atoms with Crippen molar-refractivity contribution in [2.75, 3.05) is 19.6 Å². The summed E-state index contributed by atoms with van der Waals surface area (Å²) < 4.78 is 5.24. The van der Waals surface area contributed by atoms with E-state index in [1.54, 1.807) is 0 Å². The predicted molar refractivity (Wildman–Crippen MR) is 84.2 cm³/mol. The molecule has 1 aliphatic rings. The largest absolute Gasteiger partial charge is 0.339 e. The van der Waals surface area contributed by atoms with Gasteiger partial charge in [0.2, 0.25) is 5.89 Å². The van der Waals surface area contributed by atoms with Crippen molar-refractivity contribution < 1.29 is 4.52 Å². The van der Waals surface area contributed by atoms with Gasteiger partial charge in [-0.3, -0.25) is 4.90 Å². The van der Waals surface area contributed by atoms with Crippen molar-refractivity contribution in [3.8, 4) is 0 Å². The fourth-order valence-electron chi connectivity index (χ4n) is 3.11. The number of aromatic nitrogens is 2. The van der Waals surface area contributed by atoms with E-state index in [2.05, 4.69) is 48.1 Å². The van der Waals surface area contributed by atoms with E-state index in [0.717, 1.165) is 37.8 Å². The summed E-state index contributed by atoms with van der Waals surface area (Å²) in [6.45, 7) is 14.3. The Morgan fingerprint density at radius 3 is 2.71 bits per heavy atom. The van der Waals surface area contributed by atoms with Crippen LogP contribution in [-0.4, -0.2) is 46.8 Å². The molecule has 0 bridgehead atoms. The van der Waals surface area contributed by atoms with Gasteiger partial charge in [-0.05, 0) is 18.8 Å². The van der Waals surface area contributed by atoms with Gasteiger partial charge in [0.15, 0.2) is 5.82 Å². The molecule has 0 aliphatic carbocycles. The maximum atomic E-state index is 5.24. The molecule has 0 radical (unpaired) electrons. The Kier molecular flexibility index (Phi) is 5.76. The molecule has 1 N–H and O–H groups in total. The van der Waals surface area contributed by atoms with Crippen LogP contribution in [0.2, 0.25) is 0 Å². The highest BCUT2D eigenvalue weighted by Gasteiger charge is 2.31. The molecule has 1 aromatic heterocycles. The molecule has 21 heavy (non-hydrogen) atoms. The molecule has 1 saturated heterocycles. The van der Waals surface area contributed by atoms with Crippen LogP contribution in [-0.2, 0) is 6.42 Å². The summed E-state index contributed by atoms with van der Waals surface area (Å²) in [6.07, 6.45) is 2.07. The van der Waals surface area contributed by atoms with E-state index in [0.29, 0.717) is 23.9 Å². The number of aryl methyl sites for hydroxylation is 1. The Bertz CT molecular complexity index is 432. The molecule has 5 nitrogen and oxygen atoms in total. The number of hydrogen-bond acceptors (Lipinski definition) is 5. The molecule has 0 spiro atoms. The summed E-state index contributed by atoms with van der Waals surface area (Å²) in [4.78, 5) is 6.92. The van der Waals surface area contributed by atoms with Crippen LogP contribution in [0.5, 0.6) is 0 Å². The molecule has 2 heterocycles. The molecule has 0 amide bonds. The standard InChI is InChI=1S/C16H30N4O/c1-6-12(4)14-10-20(15(9-17-14)11(2)3)8-7-16-18-13(5)19-21-16/h11-12,14-15,17H,6-10H2,1-5H3. The van der Waals surface area contributed by atoms with E-state index in [1.165, 1.54) is 6.42 Å². The van der Waals surface area contributed by atoms with Crippen molar-refractivity contribution in [1.29, 1.82) is 0 Å². The molecule has 0 aromatic carbocycles. The number of piperazine rings is 1. The van der Waals surface area contributed by atoms with Crippen LogP contribution >= 0.6 is 0 Å². The summed E-state index contributed by atoms with van der Waals surface area (Å²) in [5.41, 5.74) is 0. The van der Waals surface area contributed by atoms with Crippen molar-refractivity contribution in [2.24, 2.45) is 11.8 Å². The Morgan fingerprint density at radius 1 is 1.38 bits per heavy atom. The third kappa shape index (κ3) is 4.27. The van der Waals surface area contributed by atoms with Crippen LogP contribution in [0.3, 0.4) is 0 Å².